The number of fused-ring (bicyclic) bond motifs is 3. The standard InChI is InChI=1S/C21H22O11S/c1-5-11(2)20(24)31-18-16-14(8-6-13-7-9-15(23)30-17(13)16)29-19(18)21(4,32-12(3)22)10-28-33(25,26)27/h5-9,18-19H,10H2,1-4H3,(H,25,26,27)/b11-5+. The van der Waals surface area contributed by atoms with Crippen LogP contribution in [0.25, 0.3) is 11.0 Å². The van der Waals surface area contributed by atoms with Gasteiger partial charge < -0.3 is 18.6 Å². The summed E-state index contributed by atoms with van der Waals surface area (Å²) >= 11 is 0. The molecule has 12 heteroatoms. The Morgan fingerprint density at radius 2 is 1.88 bits per heavy atom. The molecular formula is C21H22O11S. The van der Waals surface area contributed by atoms with Crippen molar-refractivity contribution in [1.82, 2.24) is 0 Å². The van der Waals surface area contributed by atoms with Crippen LogP contribution in [0, 0.1) is 0 Å². The summed E-state index contributed by atoms with van der Waals surface area (Å²) in [4.78, 5) is 36.4. The third-order valence-electron chi connectivity index (χ3n) is 5.06. The van der Waals surface area contributed by atoms with Gasteiger partial charge in [-0.2, -0.15) is 8.42 Å². The predicted molar refractivity (Wildman–Crippen MR) is 113 cm³/mol. The van der Waals surface area contributed by atoms with E-state index < -0.39 is 52.4 Å². The lowest BCUT2D eigenvalue weighted by Gasteiger charge is -2.35. The van der Waals surface area contributed by atoms with Crippen LogP contribution < -0.4 is 10.4 Å². The maximum absolute atomic E-state index is 12.6. The minimum Gasteiger partial charge on any atom is -0.481 e. The maximum Gasteiger partial charge on any atom is 0.397 e. The Morgan fingerprint density at radius 1 is 1.21 bits per heavy atom. The average molecular weight is 482 g/mol. The van der Waals surface area contributed by atoms with Crippen molar-refractivity contribution in [2.75, 3.05) is 6.61 Å². The van der Waals surface area contributed by atoms with Gasteiger partial charge in [0, 0.05) is 23.9 Å². The van der Waals surface area contributed by atoms with Crippen LogP contribution in [0.15, 0.2) is 45.1 Å². The summed E-state index contributed by atoms with van der Waals surface area (Å²) in [5.74, 6) is -1.40. The van der Waals surface area contributed by atoms with Crippen molar-refractivity contribution >= 4 is 33.3 Å². The normalized spacial score (nSPS) is 20.0. The van der Waals surface area contributed by atoms with Gasteiger partial charge in [0.05, 0.1) is 5.56 Å². The molecule has 3 unspecified atom stereocenters. The smallest absolute Gasteiger partial charge is 0.397 e. The minimum absolute atomic E-state index is 0.0827. The van der Waals surface area contributed by atoms with E-state index in [1.807, 2.05) is 0 Å². The fourth-order valence-corrected chi connectivity index (χ4v) is 3.82. The highest BCUT2D eigenvalue weighted by Gasteiger charge is 2.53. The molecule has 0 spiro atoms. The number of hydrogen-bond acceptors (Lipinski definition) is 10. The van der Waals surface area contributed by atoms with E-state index >= 15 is 0 Å². The van der Waals surface area contributed by atoms with E-state index in [0.29, 0.717) is 5.39 Å². The molecule has 1 N–H and O–H groups in total. The Hall–Kier alpha value is -3.22. The zero-order valence-electron chi connectivity index (χ0n) is 18.2. The lowest BCUT2D eigenvalue weighted by Crippen LogP contribution is -2.52. The van der Waals surface area contributed by atoms with Gasteiger partial charge in [0.15, 0.2) is 17.8 Å². The summed E-state index contributed by atoms with van der Waals surface area (Å²) in [5.41, 5.74) is -1.99. The molecule has 178 valence electrons. The first kappa shape index (κ1) is 24.4. The number of allylic oxidation sites excluding steroid dienone is 1. The Morgan fingerprint density at radius 3 is 2.48 bits per heavy atom. The molecule has 0 radical (unpaired) electrons. The van der Waals surface area contributed by atoms with Crippen molar-refractivity contribution in [3.63, 3.8) is 0 Å². The van der Waals surface area contributed by atoms with Crippen molar-refractivity contribution in [3.8, 4) is 5.75 Å². The first-order valence-corrected chi connectivity index (χ1v) is 11.1. The molecule has 1 aliphatic rings. The van der Waals surface area contributed by atoms with Gasteiger partial charge in [-0.1, -0.05) is 6.08 Å². The highest BCUT2D eigenvalue weighted by atomic mass is 32.3. The van der Waals surface area contributed by atoms with Crippen LogP contribution >= 0.6 is 0 Å². The van der Waals surface area contributed by atoms with E-state index in [0.717, 1.165) is 6.92 Å². The number of carbonyl (C=O) groups excluding carboxylic acids is 2. The largest absolute Gasteiger partial charge is 0.481 e. The Bertz CT molecular complexity index is 1290. The second-order valence-corrected chi connectivity index (χ2v) is 8.67. The molecule has 0 bridgehead atoms. The van der Waals surface area contributed by atoms with E-state index in [-0.39, 0.29) is 22.5 Å². The molecule has 2 aromatic rings. The molecule has 0 saturated carbocycles. The molecule has 1 aliphatic heterocycles. The van der Waals surface area contributed by atoms with Crippen molar-refractivity contribution < 1.29 is 45.4 Å². The fraction of sp³-hybridized carbons (Fsp3) is 0.381. The number of carbonyl (C=O) groups is 2. The summed E-state index contributed by atoms with van der Waals surface area (Å²) in [6.07, 6.45) is -1.11. The second kappa shape index (κ2) is 8.96. The molecule has 11 nitrogen and oxygen atoms in total. The summed E-state index contributed by atoms with van der Waals surface area (Å²) in [7, 11) is -4.91. The highest BCUT2D eigenvalue weighted by Crippen LogP contribution is 2.47. The number of hydrogen-bond donors (Lipinski definition) is 1. The number of rotatable bonds is 7. The van der Waals surface area contributed by atoms with Crippen LogP contribution in [-0.2, 0) is 33.6 Å². The van der Waals surface area contributed by atoms with Gasteiger partial charge in [-0.3, -0.25) is 9.35 Å². The average Bonchev–Trinajstić information content (AvgIpc) is 3.10. The van der Waals surface area contributed by atoms with Gasteiger partial charge >= 0.3 is 28.0 Å². The zero-order chi connectivity index (χ0) is 24.6. The van der Waals surface area contributed by atoms with E-state index in [4.69, 9.17) is 23.2 Å². The van der Waals surface area contributed by atoms with Crippen LogP contribution in [0.5, 0.6) is 5.75 Å². The van der Waals surface area contributed by atoms with Gasteiger partial charge in [-0.25, -0.2) is 13.8 Å². The van der Waals surface area contributed by atoms with E-state index in [2.05, 4.69) is 4.18 Å². The predicted octanol–water partition coefficient (Wildman–Crippen LogP) is 2.25. The van der Waals surface area contributed by atoms with Gasteiger partial charge in [0.2, 0.25) is 0 Å². The van der Waals surface area contributed by atoms with Crippen molar-refractivity contribution in [2.45, 2.75) is 45.5 Å². The molecule has 0 aliphatic carbocycles. The molecule has 33 heavy (non-hydrogen) atoms. The molecule has 0 fully saturated rings. The van der Waals surface area contributed by atoms with Crippen LogP contribution in [0.4, 0.5) is 0 Å². The van der Waals surface area contributed by atoms with Gasteiger partial charge in [0.25, 0.3) is 0 Å². The molecule has 3 rings (SSSR count). The lowest BCUT2D eigenvalue weighted by molar-refractivity contribution is -0.182. The number of esters is 2. The van der Waals surface area contributed by atoms with Crippen molar-refractivity contribution in [3.05, 3.63) is 51.9 Å². The highest BCUT2D eigenvalue weighted by molar-refractivity contribution is 7.80. The fourth-order valence-electron chi connectivity index (χ4n) is 3.44. The summed E-state index contributed by atoms with van der Waals surface area (Å²) < 4.78 is 58.2. The summed E-state index contributed by atoms with van der Waals surface area (Å²) in [6, 6.07) is 5.87. The summed E-state index contributed by atoms with van der Waals surface area (Å²) in [5, 5.41) is 0.504. The Kier molecular flexibility index (Phi) is 6.63. The first-order chi connectivity index (χ1) is 15.3. The zero-order valence-corrected chi connectivity index (χ0v) is 19.0. The first-order valence-electron chi connectivity index (χ1n) is 9.73. The molecule has 0 amide bonds. The van der Waals surface area contributed by atoms with Crippen molar-refractivity contribution in [2.24, 2.45) is 0 Å². The monoisotopic (exact) mass is 482 g/mol. The molecule has 0 saturated heterocycles. The molecular weight excluding hydrogens is 460 g/mol. The number of benzene rings is 1. The third kappa shape index (κ3) is 5.24. The number of ether oxygens (including phenoxy) is 3. The van der Waals surface area contributed by atoms with Gasteiger partial charge in [-0.05, 0) is 39.0 Å². The molecule has 1 aromatic carbocycles. The van der Waals surface area contributed by atoms with Crippen molar-refractivity contribution in [1.29, 1.82) is 0 Å². The third-order valence-corrected chi connectivity index (χ3v) is 5.48. The van der Waals surface area contributed by atoms with Gasteiger partial charge in [0.1, 0.15) is 17.9 Å². The van der Waals surface area contributed by atoms with E-state index in [1.54, 1.807) is 19.1 Å². The molecule has 3 atom stereocenters. The second-order valence-electron chi connectivity index (χ2n) is 7.58. The van der Waals surface area contributed by atoms with E-state index in [1.165, 1.54) is 32.1 Å². The SMILES string of the molecule is C/C=C(\C)C(=O)OC1c2c(ccc3ccc(=O)oc23)OC1C(C)(COS(=O)(=O)O)OC(C)=O. The summed E-state index contributed by atoms with van der Waals surface area (Å²) in [6.45, 7) is 4.65. The van der Waals surface area contributed by atoms with Crippen LogP contribution in [0.2, 0.25) is 0 Å². The van der Waals surface area contributed by atoms with Gasteiger partial charge in [-0.15, -0.1) is 0 Å². The Balaban J connectivity index is 2.18. The molecule has 1 aromatic heterocycles. The Labute approximate surface area is 188 Å². The van der Waals surface area contributed by atoms with Crippen LogP contribution in [0.1, 0.15) is 39.4 Å². The van der Waals surface area contributed by atoms with Crippen LogP contribution in [0.3, 0.4) is 0 Å². The quantitative estimate of drug-likeness (QED) is 0.267. The topological polar surface area (TPSA) is 156 Å². The molecule has 2 heterocycles. The van der Waals surface area contributed by atoms with E-state index in [9.17, 15) is 22.8 Å². The maximum atomic E-state index is 12.6. The van der Waals surface area contributed by atoms with Crippen LogP contribution in [-0.4, -0.2) is 43.2 Å². The minimum atomic E-state index is -4.91. The lowest BCUT2D eigenvalue weighted by atomic mass is 9.92.